The van der Waals surface area contributed by atoms with E-state index in [-0.39, 0.29) is 5.92 Å². The SMILES string of the molecule is CC1C=CC=C(C(=O)O)C1C. The van der Waals surface area contributed by atoms with Gasteiger partial charge in [0.15, 0.2) is 0 Å². The van der Waals surface area contributed by atoms with Gasteiger partial charge in [-0.3, -0.25) is 0 Å². The third-order valence-electron chi connectivity index (χ3n) is 2.22. The Bertz CT molecular complexity index is 226. The summed E-state index contributed by atoms with van der Waals surface area (Å²) < 4.78 is 0. The van der Waals surface area contributed by atoms with Crippen LogP contribution in [0.25, 0.3) is 0 Å². The van der Waals surface area contributed by atoms with Gasteiger partial charge in [-0.1, -0.05) is 32.1 Å². The highest BCUT2D eigenvalue weighted by molar-refractivity contribution is 5.87. The third-order valence-corrected chi connectivity index (χ3v) is 2.22. The summed E-state index contributed by atoms with van der Waals surface area (Å²) in [5.41, 5.74) is 0.514. The van der Waals surface area contributed by atoms with Gasteiger partial charge in [-0.25, -0.2) is 4.79 Å². The summed E-state index contributed by atoms with van der Waals surface area (Å²) in [4.78, 5) is 10.6. The predicted octanol–water partition coefficient (Wildman–Crippen LogP) is 1.84. The predicted molar refractivity (Wildman–Crippen MR) is 43.2 cm³/mol. The van der Waals surface area contributed by atoms with Crippen molar-refractivity contribution in [3.63, 3.8) is 0 Å². The molecule has 0 aromatic rings. The number of hydrogen-bond acceptors (Lipinski definition) is 1. The van der Waals surface area contributed by atoms with Gasteiger partial charge in [0.05, 0.1) is 0 Å². The summed E-state index contributed by atoms with van der Waals surface area (Å²) in [5.74, 6) is -0.322. The van der Waals surface area contributed by atoms with Gasteiger partial charge >= 0.3 is 5.97 Å². The Labute approximate surface area is 66.2 Å². The molecule has 0 radical (unpaired) electrons. The molecule has 0 heterocycles. The van der Waals surface area contributed by atoms with Gasteiger partial charge in [-0.05, 0) is 11.8 Å². The quantitative estimate of drug-likeness (QED) is 0.622. The van der Waals surface area contributed by atoms with Crippen LogP contribution in [0, 0.1) is 11.8 Å². The zero-order valence-electron chi connectivity index (χ0n) is 6.74. The molecule has 0 aliphatic heterocycles. The second-order valence-corrected chi connectivity index (χ2v) is 2.96. The molecule has 0 aromatic heterocycles. The normalized spacial score (nSPS) is 29.8. The number of carboxylic acids is 1. The van der Waals surface area contributed by atoms with Crippen LogP contribution in [0.4, 0.5) is 0 Å². The number of aliphatic carboxylic acids is 1. The molecule has 2 atom stereocenters. The van der Waals surface area contributed by atoms with Gasteiger partial charge < -0.3 is 5.11 Å². The van der Waals surface area contributed by atoms with Gasteiger partial charge in [-0.2, -0.15) is 0 Å². The molecule has 0 fully saturated rings. The Kier molecular flexibility index (Phi) is 2.13. The average Bonchev–Trinajstić information content (AvgIpc) is 1.94. The van der Waals surface area contributed by atoms with Crippen LogP contribution in [0.1, 0.15) is 13.8 Å². The highest BCUT2D eigenvalue weighted by atomic mass is 16.4. The minimum atomic E-state index is -0.797. The second-order valence-electron chi connectivity index (χ2n) is 2.96. The minimum absolute atomic E-state index is 0.137. The summed E-state index contributed by atoms with van der Waals surface area (Å²) in [6, 6.07) is 0. The fourth-order valence-electron chi connectivity index (χ4n) is 1.20. The lowest BCUT2D eigenvalue weighted by Gasteiger charge is -2.19. The van der Waals surface area contributed by atoms with Gasteiger partial charge in [0.1, 0.15) is 0 Å². The molecule has 1 rings (SSSR count). The molecule has 1 N–H and O–H groups in total. The maximum atomic E-state index is 10.6. The van der Waals surface area contributed by atoms with Crippen molar-refractivity contribution in [2.24, 2.45) is 11.8 Å². The molecule has 0 bridgehead atoms. The second kappa shape index (κ2) is 2.91. The van der Waals surface area contributed by atoms with E-state index in [1.165, 1.54) is 0 Å². The van der Waals surface area contributed by atoms with Gasteiger partial charge in [-0.15, -0.1) is 0 Å². The smallest absolute Gasteiger partial charge is 0.331 e. The average molecular weight is 152 g/mol. The first-order valence-electron chi connectivity index (χ1n) is 3.74. The summed E-state index contributed by atoms with van der Waals surface area (Å²) in [6.45, 7) is 3.96. The Morgan fingerprint density at radius 2 is 2.18 bits per heavy atom. The Morgan fingerprint density at radius 1 is 1.55 bits per heavy atom. The van der Waals surface area contributed by atoms with Crippen molar-refractivity contribution in [1.29, 1.82) is 0 Å². The van der Waals surface area contributed by atoms with Crippen molar-refractivity contribution >= 4 is 5.97 Å². The van der Waals surface area contributed by atoms with E-state index in [0.717, 1.165) is 0 Å². The zero-order chi connectivity index (χ0) is 8.43. The van der Waals surface area contributed by atoms with Crippen LogP contribution < -0.4 is 0 Å². The molecule has 0 aromatic carbocycles. The number of allylic oxidation sites excluding steroid dienone is 3. The Morgan fingerprint density at radius 3 is 2.64 bits per heavy atom. The lowest BCUT2D eigenvalue weighted by atomic mass is 9.85. The van der Waals surface area contributed by atoms with Crippen molar-refractivity contribution in [1.82, 2.24) is 0 Å². The van der Waals surface area contributed by atoms with Gasteiger partial charge in [0, 0.05) is 5.57 Å². The van der Waals surface area contributed by atoms with Crippen LogP contribution in [-0.4, -0.2) is 11.1 Å². The van der Waals surface area contributed by atoms with E-state index in [1.807, 2.05) is 26.0 Å². The summed E-state index contributed by atoms with van der Waals surface area (Å²) in [5, 5.41) is 8.72. The fourth-order valence-corrected chi connectivity index (χ4v) is 1.20. The van der Waals surface area contributed by atoms with E-state index in [9.17, 15) is 4.79 Å². The third kappa shape index (κ3) is 1.50. The van der Waals surface area contributed by atoms with Crippen LogP contribution in [0.5, 0.6) is 0 Å². The lowest BCUT2D eigenvalue weighted by molar-refractivity contribution is -0.133. The monoisotopic (exact) mass is 152 g/mol. The van der Waals surface area contributed by atoms with Gasteiger partial charge in [0.2, 0.25) is 0 Å². The molecule has 2 nitrogen and oxygen atoms in total. The first-order chi connectivity index (χ1) is 5.13. The van der Waals surface area contributed by atoms with Crippen LogP contribution >= 0.6 is 0 Å². The van der Waals surface area contributed by atoms with Crippen molar-refractivity contribution in [3.8, 4) is 0 Å². The number of hydrogen-bond donors (Lipinski definition) is 1. The number of carboxylic acid groups (broad SMARTS) is 1. The molecule has 2 heteroatoms. The number of carbonyl (C=O) groups is 1. The minimum Gasteiger partial charge on any atom is -0.478 e. The van der Waals surface area contributed by atoms with Crippen molar-refractivity contribution in [2.75, 3.05) is 0 Å². The van der Waals surface area contributed by atoms with Crippen LogP contribution in [-0.2, 0) is 4.79 Å². The molecule has 2 unspecified atom stereocenters. The molecule has 1 aliphatic rings. The zero-order valence-corrected chi connectivity index (χ0v) is 6.74. The molecule has 0 saturated carbocycles. The Hall–Kier alpha value is -1.05. The molecule has 60 valence electrons. The van der Waals surface area contributed by atoms with E-state index in [2.05, 4.69) is 0 Å². The molecule has 0 saturated heterocycles. The number of rotatable bonds is 1. The molecule has 11 heavy (non-hydrogen) atoms. The van der Waals surface area contributed by atoms with E-state index in [4.69, 9.17) is 5.11 Å². The molecule has 0 amide bonds. The summed E-state index contributed by atoms with van der Waals surface area (Å²) in [7, 11) is 0. The molecular formula is C9H12O2. The Balaban J connectivity index is 2.87. The molecule has 0 spiro atoms. The van der Waals surface area contributed by atoms with Crippen LogP contribution in [0.2, 0.25) is 0 Å². The highest BCUT2D eigenvalue weighted by Crippen LogP contribution is 2.25. The molecule has 1 aliphatic carbocycles. The van der Waals surface area contributed by atoms with E-state index in [1.54, 1.807) is 6.08 Å². The van der Waals surface area contributed by atoms with E-state index in [0.29, 0.717) is 11.5 Å². The van der Waals surface area contributed by atoms with E-state index < -0.39 is 5.97 Å². The summed E-state index contributed by atoms with van der Waals surface area (Å²) >= 11 is 0. The van der Waals surface area contributed by atoms with Crippen molar-refractivity contribution < 1.29 is 9.90 Å². The summed E-state index contributed by atoms with van der Waals surface area (Å²) in [6.07, 6.45) is 5.51. The maximum Gasteiger partial charge on any atom is 0.331 e. The topological polar surface area (TPSA) is 37.3 Å². The van der Waals surface area contributed by atoms with Crippen molar-refractivity contribution in [2.45, 2.75) is 13.8 Å². The molecular weight excluding hydrogens is 140 g/mol. The van der Waals surface area contributed by atoms with Gasteiger partial charge in [0.25, 0.3) is 0 Å². The highest BCUT2D eigenvalue weighted by Gasteiger charge is 2.21. The van der Waals surface area contributed by atoms with Crippen molar-refractivity contribution in [3.05, 3.63) is 23.8 Å². The van der Waals surface area contributed by atoms with E-state index >= 15 is 0 Å². The first-order valence-corrected chi connectivity index (χ1v) is 3.74. The lowest BCUT2D eigenvalue weighted by Crippen LogP contribution is -2.17. The van der Waals surface area contributed by atoms with Crippen LogP contribution in [0.15, 0.2) is 23.8 Å². The fraction of sp³-hybridized carbons (Fsp3) is 0.444. The largest absolute Gasteiger partial charge is 0.478 e. The standard InChI is InChI=1S/C9H12O2/c1-6-4-3-5-8(7(6)2)9(10)11/h3-7H,1-2H3,(H,10,11). The maximum absolute atomic E-state index is 10.6. The first kappa shape index (κ1) is 8.05. The van der Waals surface area contributed by atoms with Crippen LogP contribution in [0.3, 0.4) is 0 Å².